The summed E-state index contributed by atoms with van der Waals surface area (Å²) in [7, 11) is 0. The molecule has 0 bridgehead atoms. The first kappa shape index (κ1) is 20.2. The van der Waals surface area contributed by atoms with E-state index in [0.717, 1.165) is 23.3 Å². The van der Waals surface area contributed by atoms with Crippen LogP contribution in [-0.2, 0) is 4.79 Å². The number of carbonyl (C=O) groups is 2. The molecule has 0 atom stereocenters. The zero-order chi connectivity index (χ0) is 19.6. The number of amides is 2. The molecule has 2 rings (SSSR count). The minimum absolute atomic E-state index is 0.388. The van der Waals surface area contributed by atoms with Crippen molar-refractivity contribution in [3.63, 3.8) is 0 Å². The highest BCUT2D eigenvalue weighted by Crippen LogP contribution is 2.13. The fourth-order valence-electron chi connectivity index (χ4n) is 2.20. The van der Waals surface area contributed by atoms with E-state index in [-0.39, 0.29) is 5.91 Å². The van der Waals surface area contributed by atoms with Gasteiger partial charge >= 0.3 is 0 Å². The third kappa shape index (κ3) is 7.36. The van der Waals surface area contributed by atoms with Gasteiger partial charge in [0.25, 0.3) is 11.8 Å². The highest BCUT2D eigenvalue weighted by atomic mass is 16.5. The van der Waals surface area contributed by atoms with E-state index in [1.54, 1.807) is 30.3 Å². The van der Waals surface area contributed by atoms with E-state index in [0.29, 0.717) is 18.1 Å². The van der Waals surface area contributed by atoms with Gasteiger partial charge < -0.3 is 4.74 Å². The van der Waals surface area contributed by atoms with Gasteiger partial charge in [-0.2, -0.15) is 0 Å². The molecule has 0 aromatic heterocycles. The van der Waals surface area contributed by atoms with E-state index < -0.39 is 5.91 Å². The van der Waals surface area contributed by atoms with Crippen LogP contribution in [0.1, 0.15) is 41.8 Å². The van der Waals surface area contributed by atoms with Crippen molar-refractivity contribution in [2.75, 3.05) is 6.61 Å². The van der Waals surface area contributed by atoms with Crippen LogP contribution in [0.5, 0.6) is 5.75 Å². The fraction of sp³-hybridized carbons (Fsp3) is 0.273. The Morgan fingerprint density at radius 3 is 2.30 bits per heavy atom. The molecule has 5 heteroatoms. The summed E-state index contributed by atoms with van der Waals surface area (Å²) in [6.45, 7) is 6.93. The smallest absolute Gasteiger partial charge is 0.269 e. The summed E-state index contributed by atoms with van der Waals surface area (Å²) >= 11 is 0. The van der Waals surface area contributed by atoms with Gasteiger partial charge in [0.05, 0.1) is 6.61 Å². The second kappa shape index (κ2) is 10.2. The third-order valence-corrected chi connectivity index (χ3v) is 3.88. The largest absolute Gasteiger partial charge is 0.494 e. The van der Waals surface area contributed by atoms with Crippen molar-refractivity contribution in [1.29, 1.82) is 0 Å². The topological polar surface area (TPSA) is 67.4 Å². The molecular formula is C22H26N2O3. The van der Waals surface area contributed by atoms with E-state index in [1.165, 1.54) is 6.08 Å². The molecular weight excluding hydrogens is 340 g/mol. The minimum Gasteiger partial charge on any atom is -0.494 e. The van der Waals surface area contributed by atoms with Crippen molar-refractivity contribution in [1.82, 2.24) is 10.9 Å². The fourth-order valence-corrected chi connectivity index (χ4v) is 2.20. The molecule has 0 fully saturated rings. The minimum atomic E-state index is -0.405. The molecule has 0 saturated heterocycles. The predicted molar refractivity (Wildman–Crippen MR) is 107 cm³/mol. The summed E-state index contributed by atoms with van der Waals surface area (Å²) in [5, 5.41) is 0. The third-order valence-electron chi connectivity index (χ3n) is 3.88. The quantitative estimate of drug-likeness (QED) is 0.577. The molecule has 0 radical (unpaired) electrons. The van der Waals surface area contributed by atoms with E-state index in [2.05, 4.69) is 24.7 Å². The van der Waals surface area contributed by atoms with Gasteiger partial charge in [-0.1, -0.05) is 43.7 Å². The summed E-state index contributed by atoms with van der Waals surface area (Å²) in [6, 6.07) is 14.6. The highest BCUT2D eigenvalue weighted by molar-refractivity contribution is 5.97. The lowest BCUT2D eigenvalue weighted by atomic mass is 10.1. The Labute approximate surface area is 160 Å². The van der Waals surface area contributed by atoms with Gasteiger partial charge in [-0.3, -0.25) is 20.4 Å². The van der Waals surface area contributed by atoms with Crippen molar-refractivity contribution in [2.45, 2.75) is 27.2 Å². The van der Waals surface area contributed by atoms with Gasteiger partial charge in [0.15, 0.2) is 0 Å². The Hall–Kier alpha value is -3.08. The van der Waals surface area contributed by atoms with Crippen molar-refractivity contribution >= 4 is 17.9 Å². The summed E-state index contributed by atoms with van der Waals surface area (Å²) < 4.78 is 5.62. The van der Waals surface area contributed by atoms with Crippen LogP contribution in [0.3, 0.4) is 0 Å². The first-order valence-electron chi connectivity index (χ1n) is 9.02. The summed E-state index contributed by atoms with van der Waals surface area (Å²) in [5.41, 5.74) is 7.26. The predicted octanol–water partition coefficient (Wildman–Crippen LogP) is 3.89. The van der Waals surface area contributed by atoms with Gasteiger partial charge in [-0.15, -0.1) is 0 Å². The summed E-state index contributed by atoms with van der Waals surface area (Å²) in [4.78, 5) is 23.9. The van der Waals surface area contributed by atoms with Gasteiger partial charge in [0, 0.05) is 11.6 Å². The molecule has 2 aromatic rings. The Kier molecular flexibility index (Phi) is 7.62. The average molecular weight is 366 g/mol. The van der Waals surface area contributed by atoms with Gasteiger partial charge in [-0.05, 0) is 55.2 Å². The molecule has 0 spiro atoms. The molecule has 0 unspecified atom stereocenters. The van der Waals surface area contributed by atoms with E-state index in [1.807, 2.05) is 31.2 Å². The normalized spacial score (nSPS) is 10.8. The second-order valence-electron chi connectivity index (χ2n) is 6.74. The highest BCUT2D eigenvalue weighted by Gasteiger charge is 2.06. The van der Waals surface area contributed by atoms with Gasteiger partial charge in [0.1, 0.15) is 5.75 Å². The lowest BCUT2D eigenvalue weighted by molar-refractivity contribution is -0.117. The number of benzene rings is 2. The number of nitrogens with one attached hydrogen (secondary N) is 2. The van der Waals surface area contributed by atoms with Crippen LogP contribution in [0, 0.1) is 12.8 Å². The number of ether oxygens (including phenoxy) is 1. The maximum Gasteiger partial charge on any atom is 0.269 e. The number of hydrazine groups is 1. The molecule has 27 heavy (non-hydrogen) atoms. The average Bonchev–Trinajstić information content (AvgIpc) is 2.66. The molecule has 2 N–H and O–H groups in total. The Balaban J connectivity index is 1.79. The Morgan fingerprint density at radius 1 is 1.00 bits per heavy atom. The lowest BCUT2D eigenvalue weighted by Gasteiger charge is -2.09. The molecule has 0 heterocycles. The molecule has 0 aliphatic rings. The molecule has 0 aliphatic heterocycles. The van der Waals surface area contributed by atoms with Crippen molar-refractivity contribution in [3.8, 4) is 5.75 Å². The van der Waals surface area contributed by atoms with E-state index in [4.69, 9.17) is 4.74 Å². The number of hydrogen-bond acceptors (Lipinski definition) is 3. The number of rotatable bonds is 7. The maximum absolute atomic E-state index is 12.1. The standard InChI is InChI=1S/C22H26N2O3/c1-16(2)14-15-27-20-11-9-19(10-12-20)22(26)24-23-21(25)13-8-18-6-4-17(3)5-7-18/h4-13,16H,14-15H2,1-3H3,(H,23,25)(H,24,26)/b13-8+. The van der Waals surface area contributed by atoms with E-state index >= 15 is 0 Å². The Morgan fingerprint density at radius 2 is 1.67 bits per heavy atom. The van der Waals surface area contributed by atoms with Gasteiger partial charge in [-0.25, -0.2) is 0 Å². The summed E-state index contributed by atoms with van der Waals surface area (Å²) in [6.07, 6.45) is 4.03. The van der Waals surface area contributed by atoms with Crippen molar-refractivity contribution in [2.24, 2.45) is 5.92 Å². The number of aryl methyl sites for hydroxylation is 1. The van der Waals surface area contributed by atoms with Crippen LogP contribution in [0.2, 0.25) is 0 Å². The molecule has 0 saturated carbocycles. The molecule has 2 amide bonds. The van der Waals surface area contributed by atoms with Crippen LogP contribution < -0.4 is 15.6 Å². The molecule has 142 valence electrons. The zero-order valence-corrected chi connectivity index (χ0v) is 16.0. The van der Waals surface area contributed by atoms with Crippen LogP contribution in [0.25, 0.3) is 6.08 Å². The van der Waals surface area contributed by atoms with Crippen LogP contribution in [0.4, 0.5) is 0 Å². The van der Waals surface area contributed by atoms with Crippen molar-refractivity contribution < 1.29 is 14.3 Å². The monoisotopic (exact) mass is 366 g/mol. The SMILES string of the molecule is Cc1ccc(/C=C/C(=O)NNC(=O)c2ccc(OCCC(C)C)cc2)cc1. The maximum atomic E-state index is 12.1. The van der Waals surface area contributed by atoms with Gasteiger partial charge in [0.2, 0.25) is 0 Å². The molecule has 0 aliphatic carbocycles. The first-order chi connectivity index (χ1) is 12.9. The second-order valence-corrected chi connectivity index (χ2v) is 6.74. The summed E-state index contributed by atoms with van der Waals surface area (Å²) in [5.74, 6) is 0.509. The van der Waals surface area contributed by atoms with Crippen molar-refractivity contribution in [3.05, 3.63) is 71.3 Å². The van der Waals surface area contributed by atoms with Crippen LogP contribution >= 0.6 is 0 Å². The lowest BCUT2D eigenvalue weighted by Crippen LogP contribution is -2.40. The zero-order valence-electron chi connectivity index (χ0n) is 16.0. The molecule has 5 nitrogen and oxygen atoms in total. The first-order valence-corrected chi connectivity index (χ1v) is 9.02. The Bertz CT molecular complexity index is 778. The number of hydrogen-bond donors (Lipinski definition) is 2. The van der Waals surface area contributed by atoms with E-state index in [9.17, 15) is 9.59 Å². The number of carbonyl (C=O) groups excluding carboxylic acids is 2. The van der Waals surface area contributed by atoms with Crippen LogP contribution in [0.15, 0.2) is 54.6 Å². The molecule has 2 aromatic carbocycles. The van der Waals surface area contributed by atoms with Crippen LogP contribution in [-0.4, -0.2) is 18.4 Å².